The normalized spacial score (nSPS) is 10.9. The second kappa shape index (κ2) is 5.13. The van der Waals surface area contributed by atoms with Crippen LogP contribution >= 0.6 is 0 Å². The van der Waals surface area contributed by atoms with Crippen LogP contribution in [0.2, 0.25) is 0 Å². The Kier molecular flexibility index (Phi) is 4.11. The quantitative estimate of drug-likeness (QED) is 0.680. The third-order valence-electron chi connectivity index (χ3n) is 2.37. The van der Waals surface area contributed by atoms with E-state index >= 15 is 0 Å². The van der Waals surface area contributed by atoms with Crippen molar-refractivity contribution in [3.05, 3.63) is 34.9 Å². The van der Waals surface area contributed by atoms with Gasteiger partial charge >= 0.3 is 0 Å². The van der Waals surface area contributed by atoms with Gasteiger partial charge in [-0.2, -0.15) is 0 Å². The maximum atomic E-state index is 5.06. The van der Waals surface area contributed by atoms with Gasteiger partial charge in [-0.3, -0.25) is 4.90 Å². The molecule has 0 aliphatic heterocycles. The predicted octanol–water partition coefficient (Wildman–Crippen LogP) is 2.34. The highest BCUT2D eigenvalue weighted by molar-refractivity contribution is 5.29. The molecular formula is C12H19NO. The molecule has 0 unspecified atom stereocenters. The van der Waals surface area contributed by atoms with Gasteiger partial charge in [0.1, 0.15) is 0 Å². The number of ether oxygens (including phenoxy) is 1. The van der Waals surface area contributed by atoms with E-state index in [1.807, 2.05) is 0 Å². The lowest BCUT2D eigenvalue weighted by Crippen LogP contribution is -2.20. The van der Waals surface area contributed by atoms with Crippen molar-refractivity contribution in [2.24, 2.45) is 0 Å². The van der Waals surface area contributed by atoms with Crippen LogP contribution in [0.15, 0.2) is 18.2 Å². The molecule has 0 radical (unpaired) electrons. The Morgan fingerprint density at radius 3 is 2.50 bits per heavy atom. The van der Waals surface area contributed by atoms with E-state index in [1.165, 1.54) is 16.7 Å². The topological polar surface area (TPSA) is 12.5 Å². The smallest absolute Gasteiger partial charge is 0.0986 e. The number of hydrogen-bond acceptors (Lipinski definition) is 2. The van der Waals surface area contributed by atoms with Gasteiger partial charge in [0.15, 0.2) is 0 Å². The van der Waals surface area contributed by atoms with Gasteiger partial charge in [-0.05, 0) is 37.6 Å². The molecule has 0 bridgehead atoms. The van der Waals surface area contributed by atoms with Crippen LogP contribution in [0.4, 0.5) is 0 Å². The Labute approximate surface area is 86.5 Å². The number of methoxy groups -OCH3 is 1. The van der Waals surface area contributed by atoms with Crippen molar-refractivity contribution in [2.45, 2.75) is 20.4 Å². The van der Waals surface area contributed by atoms with E-state index in [1.54, 1.807) is 7.11 Å². The summed E-state index contributed by atoms with van der Waals surface area (Å²) >= 11 is 0. The number of hydrogen-bond donors (Lipinski definition) is 0. The van der Waals surface area contributed by atoms with Gasteiger partial charge in [0.25, 0.3) is 0 Å². The highest BCUT2D eigenvalue weighted by Crippen LogP contribution is 2.11. The summed E-state index contributed by atoms with van der Waals surface area (Å²) in [7, 11) is 3.77. The summed E-state index contributed by atoms with van der Waals surface area (Å²) in [5.41, 5.74) is 4.05. The number of nitrogens with zero attached hydrogens (tertiary/aromatic N) is 1. The maximum Gasteiger partial charge on any atom is 0.0986 e. The third kappa shape index (κ3) is 3.13. The van der Waals surface area contributed by atoms with Crippen LogP contribution in [0, 0.1) is 13.8 Å². The van der Waals surface area contributed by atoms with E-state index in [9.17, 15) is 0 Å². The van der Waals surface area contributed by atoms with Crippen LogP contribution in [-0.4, -0.2) is 25.8 Å². The molecule has 0 saturated heterocycles. The molecule has 2 nitrogen and oxygen atoms in total. The fourth-order valence-corrected chi connectivity index (χ4v) is 1.48. The van der Waals surface area contributed by atoms with Crippen LogP contribution in [0.5, 0.6) is 0 Å². The third-order valence-corrected chi connectivity index (χ3v) is 2.37. The molecule has 2 heteroatoms. The summed E-state index contributed by atoms with van der Waals surface area (Å²) in [6, 6.07) is 6.58. The zero-order chi connectivity index (χ0) is 10.6. The van der Waals surface area contributed by atoms with Gasteiger partial charge in [0.2, 0.25) is 0 Å². The molecule has 1 aromatic rings. The molecule has 78 valence electrons. The van der Waals surface area contributed by atoms with Gasteiger partial charge in [0, 0.05) is 13.7 Å². The molecule has 1 aromatic carbocycles. The average Bonchev–Trinajstić information content (AvgIpc) is 2.12. The largest absolute Gasteiger partial charge is 0.369 e. The molecule has 0 heterocycles. The summed E-state index contributed by atoms with van der Waals surface area (Å²) in [6.07, 6.45) is 0. The molecule has 0 fully saturated rings. The SMILES string of the molecule is COCN(C)Cc1ccc(C)c(C)c1. The van der Waals surface area contributed by atoms with E-state index in [0.717, 1.165) is 6.54 Å². The van der Waals surface area contributed by atoms with E-state index in [4.69, 9.17) is 4.74 Å². The molecule has 1 rings (SSSR count). The van der Waals surface area contributed by atoms with Gasteiger partial charge in [-0.15, -0.1) is 0 Å². The van der Waals surface area contributed by atoms with E-state index in [-0.39, 0.29) is 0 Å². The fraction of sp³-hybridized carbons (Fsp3) is 0.500. The van der Waals surface area contributed by atoms with Crippen molar-refractivity contribution in [3.8, 4) is 0 Å². The Hall–Kier alpha value is -0.860. The molecule has 0 aromatic heterocycles. The lowest BCUT2D eigenvalue weighted by Gasteiger charge is -2.15. The first kappa shape index (κ1) is 11.2. The molecule has 0 N–H and O–H groups in total. The minimum atomic E-state index is 0.674. The van der Waals surface area contributed by atoms with Gasteiger partial charge in [-0.25, -0.2) is 0 Å². The Morgan fingerprint density at radius 2 is 1.93 bits per heavy atom. The van der Waals surface area contributed by atoms with Gasteiger partial charge in [0.05, 0.1) is 6.73 Å². The summed E-state index contributed by atoms with van der Waals surface area (Å²) in [4.78, 5) is 2.14. The molecule has 0 aliphatic carbocycles. The van der Waals surface area contributed by atoms with Crippen LogP contribution in [0.3, 0.4) is 0 Å². The monoisotopic (exact) mass is 193 g/mol. The van der Waals surface area contributed by atoms with Gasteiger partial charge < -0.3 is 4.74 Å². The standard InChI is InChI=1S/C12H19NO/c1-10-5-6-12(7-11(10)2)8-13(3)9-14-4/h5-7H,8-9H2,1-4H3. The van der Waals surface area contributed by atoms with E-state index < -0.39 is 0 Å². The van der Waals surface area contributed by atoms with Crippen molar-refractivity contribution in [1.82, 2.24) is 4.90 Å². The number of rotatable bonds is 4. The number of aryl methyl sites for hydroxylation is 2. The second-order valence-corrected chi connectivity index (χ2v) is 3.85. The lowest BCUT2D eigenvalue weighted by molar-refractivity contribution is 0.0771. The lowest BCUT2D eigenvalue weighted by atomic mass is 10.1. The number of benzene rings is 1. The molecule has 0 aliphatic rings. The van der Waals surface area contributed by atoms with Crippen LogP contribution in [0.1, 0.15) is 16.7 Å². The van der Waals surface area contributed by atoms with Crippen molar-refractivity contribution in [1.29, 1.82) is 0 Å². The van der Waals surface area contributed by atoms with Gasteiger partial charge in [-0.1, -0.05) is 18.2 Å². The summed E-state index contributed by atoms with van der Waals surface area (Å²) in [6.45, 7) is 5.90. The zero-order valence-corrected chi connectivity index (χ0v) is 9.50. The zero-order valence-electron chi connectivity index (χ0n) is 9.50. The minimum absolute atomic E-state index is 0.674. The first-order valence-electron chi connectivity index (χ1n) is 4.87. The Balaban J connectivity index is 2.63. The first-order chi connectivity index (χ1) is 6.63. The van der Waals surface area contributed by atoms with Crippen LogP contribution in [-0.2, 0) is 11.3 Å². The maximum absolute atomic E-state index is 5.06. The summed E-state index contributed by atoms with van der Waals surface area (Å²) < 4.78 is 5.06. The second-order valence-electron chi connectivity index (χ2n) is 3.85. The molecule has 0 atom stereocenters. The molecule has 0 spiro atoms. The average molecular weight is 193 g/mol. The molecule has 0 saturated carbocycles. The molecule has 0 amide bonds. The summed E-state index contributed by atoms with van der Waals surface area (Å²) in [5.74, 6) is 0. The van der Waals surface area contributed by atoms with Crippen molar-refractivity contribution in [2.75, 3.05) is 20.9 Å². The first-order valence-corrected chi connectivity index (χ1v) is 4.87. The predicted molar refractivity (Wildman–Crippen MR) is 59.3 cm³/mol. The molecular weight excluding hydrogens is 174 g/mol. The summed E-state index contributed by atoms with van der Waals surface area (Å²) in [5, 5.41) is 0. The van der Waals surface area contributed by atoms with Crippen molar-refractivity contribution < 1.29 is 4.74 Å². The van der Waals surface area contributed by atoms with E-state index in [0.29, 0.717) is 6.73 Å². The highest BCUT2D eigenvalue weighted by Gasteiger charge is 2.00. The van der Waals surface area contributed by atoms with E-state index in [2.05, 4.69) is 44.0 Å². The van der Waals surface area contributed by atoms with Crippen molar-refractivity contribution in [3.63, 3.8) is 0 Å². The van der Waals surface area contributed by atoms with Crippen molar-refractivity contribution >= 4 is 0 Å². The minimum Gasteiger partial charge on any atom is -0.369 e. The fourth-order valence-electron chi connectivity index (χ4n) is 1.48. The van der Waals surface area contributed by atoms with Crippen LogP contribution in [0.25, 0.3) is 0 Å². The Morgan fingerprint density at radius 1 is 1.21 bits per heavy atom. The highest BCUT2D eigenvalue weighted by atomic mass is 16.5. The molecule has 14 heavy (non-hydrogen) atoms. The Bertz CT molecular complexity index is 296. The van der Waals surface area contributed by atoms with Crippen LogP contribution < -0.4 is 0 Å².